The molecule has 37 heavy (non-hydrogen) atoms. The Morgan fingerprint density at radius 2 is 1.81 bits per heavy atom. The SMILES string of the molecule is COc1ccc(CN2CC(OCc3cccnc3)CN(Cc3cccn3-c3ccccn3)CC2=O)cc1. The summed E-state index contributed by atoms with van der Waals surface area (Å²) < 4.78 is 13.7. The fourth-order valence-corrected chi connectivity index (χ4v) is 4.57. The molecule has 4 aromatic rings. The second-order valence-corrected chi connectivity index (χ2v) is 9.14. The maximum absolute atomic E-state index is 13.4. The average molecular weight is 498 g/mol. The van der Waals surface area contributed by atoms with Gasteiger partial charge >= 0.3 is 0 Å². The number of aromatic nitrogens is 3. The van der Waals surface area contributed by atoms with Crippen molar-refractivity contribution in [1.82, 2.24) is 24.3 Å². The number of pyridine rings is 2. The van der Waals surface area contributed by atoms with E-state index in [4.69, 9.17) is 9.47 Å². The van der Waals surface area contributed by atoms with Crippen LogP contribution < -0.4 is 4.74 Å². The minimum atomic E-state index is -0.150. The van der Waals surface area contributed by atoms with Crippen molar-refractivity contribution in [3.8, 4) is 11.6 Å². The summed E-state index contributed by atoms with van der Waals surface area (Å²) in [6, 6.07) is 21.7. The van der Waals surface area contributed by atoms with Gasteiger partial charge in [-0.05, 0) is 53.6 Å². The minimum Gasteiger partial charge on any atom is -0.497 e. The molecule has 0 spiro atoms. The third kappa shape index (κ3) is 6.41. The normalized spacial score (nSPS) is 16.5. The predicted molar refractivity (Wildman–Crippen MR) is 140 cm³/mol. The van der Waals surface area contributed by atoms with E-state index in [1.165, 1.54) is 0 Å². The highest BCUT2D eigenvalue weighted by Gasteiger charge is 2.29. The number of hydrogen-bond acceptors (Lipinski definition) is 6. The van der Waals surface area contributed by atoms with Crippen LogP contribution in [0.4, 0.5) is 0 Å². The van der Waals surface area contributed by atoms with Gasteiger partial charge in [-0.3, -0.25) is 14.7 Å². The molecule has 190 valence electrons. The topological polar surface area (TPSA) is 72.7 Å². The first kappa shape index (κ1) is 24.7. The molecule has 1 aromatic carbocycles. The van der Waals surface area contributed by atoms with Crippen LogP contribution in [-0.4, -0.2) is 63.1 Å². The van der Waals surface area contributed by atoms with Gasteiger partial charge in [-0.1, -0.05) is 24.3 Å². The summed E-state index contributed by atoms with van der Waals surface area (Å²) in [7, 11) is 1.65. The molecule has 3 aromatic heterocycles. The monoisotopic (exact) mass is 497 g/mol. The van der Waals surface area contributed by atoms with Gasteiger partial charge in [-0.2, -0.15) is 0 Å². The van der Waals surface area contributed by atoms with Crippen molar-refractivity contribution in [2.45, 2.75) is 25.8 Å². The van der Waals surface area contributed by atoms with E-state index in [-0.39, 0.29) is 12.0 Å². The summed E-state index contributed by atoms with van der Waals surface area (Å²) in [5.41, 5.74) is 3.13. The smallest absolute Gasteiger partial charge is 0.237 e. The van der Waals surface area contributed by atoms with Crippen molar-refractivity contribution in [3.63, 3.8) is 0 Å². The van der Waals surface area contributed by atoms with Crippen molar-refractivity contribution < 1.29 is 14.3 Å². The van der Waals surface area contributed by atoms with Gasteiger partial charge in [0.25, 0.3) is 0 Å². The molecule has 5 rings (SSSR count). The standard InChI is InChI=1S/C29H31N5O3/c1-36-26-11-9-23(10-12-26)17-33-20-27(37-22-24-6-4-13-30-16-24)19-32(21-29(33)35)18-25-7-5-15-34(25)28-8-2-3-14-31-28/h2-16,27H,17-22H2,1H3. The third-order valence-electron chi connectivity index (χ3n) is 6.45. The minimum absolute atomic E-state index is 0.0826. The number of ether oxygens (including phenoxy) is 2. The molecule has 0 aliphatic carbocycles. The van der Waals surface area contributed by atoms with Crippen LogP contribution in [0.2, 0.25) is 0 Å². The molecule has 1 saturated heterocycles. The van der Waals surface area contributed by atoms with E-state index in [0.29, 0.717) is 39.3 Å². The van der Waals surface area contributed by atoms with Gasteiger partial charge in [0, 0.05) is 56.7 Å². The maximum atomic E-state index is 13.4. The number of hydrogen-bond donors (Lipinski definition) is 0. The Bertz CT molecular complexity index is 1280. The average Bonchev–Trinajstić information content (AvgIpc) is 3.34. The highest BCUT2D eigenvalue weighted by molar-refractivity contribution is 5.78. The molecule has 1 atom stereocenters. The van der Waals surface area contributed by atoms with Crippen molar-refractivity contribution in [2.75, 3.05) is 26.7 Å². The van der Waals surface area contributed by atoms with Crippen LogP contribution in [-0.2, 0) is 29.2 Å². The zero-order valence-corrected chi connectivity index (χ0v) is 20.9. The highest BCUT2D eigenvalue weighted by Crippen LogP contribution is 2.19. The van der Waals surface area contributed by atoms with Gasteiger partial charge in [0.05, 0.1) is 26.4 Å². The molecule has 8 nitrogen and oxygen atoms in total. The van der Waals surface area contributed by atoms with Gasteiger partial charge < -0.3 is 18.9 Å². The van der Waals surface area contributed by atoms with E-state index in [1.54, 1.807) is 19.5 Å². The molecule has 1 amide bonds. The van der Waals surface area contributed by atoms with E-state index in [0.717, 1.165) is 28.4 Å². The summed E-state index contributed by atoms with van der Waals surface area (Å²) >= 11 is 0. The summed E-state index contributed by atoms with van der Waals surface area (Å²) in [5, 5.41) is 0. The van der Waals surface area contributed by atoms with Crippen LogP contribution in [0.15, 0.2) is 91.5 Å². The first-order valence-corrected chi connectivity index (χ1v) is 12.4. The van der Waals surface area contributed by atoms with Gasteiger partial charge in [0.15, 0.2) is 0 Å². The summed E-state index contributed by atoms with van der Waals surface area (Å²) in [4.78, 5) is 26.2. The lowest BCUT2D eigenvalue weighted by molar-refractivity contribution is -0.132. The summed E-state index contributed by atoms with van der Waals surface area (Å²) in [6.07, 6.45) is 7.21. The number of carbonyl (C=O) groups excluding carboxylic acids is 1. The van der Waals surface area contributed by atoms with Crippen LogP contribution in [0.5, 0.6) is 5.75 Å². The third-order valence-corrected chi connectivity index (χ3v) is 6.45. The largest absolute Gasteiger partial charge is 0.497 e. The van der Waals surface area contributed by atoms with Crippen LogP contribution in [0.1, 0.15) is 16.8 Å². The lowest BCUT2D eigenvalue weighted by atomic mass is 10.2. The van der Waals surface area contributed by atoms with Crippen molar-refractivity contribution in [2.24, 2.45) is 0 Å². The lowest BCUT2D eigenvalue weighted by Gasteiger charge is -2.25. The first-order chi connectivity index (χ1) is 18.2. The molecular weight excluding hydrogens is 466 g/mol. The molecule has 1 unspecified atom stereocenters. The lowest BCUT2D eigenvalue weighted by Crippen LogP contribution is -2.37. The zero-order chi connectivity index (χ0) is 25.5. The molecule has 1 fully saturated rings. The first-order valence-electron chi connectivity index (χ1n) is 12.4. The van der Waals surface area contributed by atoms with Crippen LogP contribution in [0.25, 0.3) is 5.82 Å². The number of amides is 1. The Balaban J connectivity index is 1.34. The molecule has 0 N–H and O–H groups in total. The van der Waals surface area contributed by atoms with Crippen LogP contribution in [0, 0.1) is 0 Å². The Kier molecular flexibility index (Phi) is 7.88. The van der Waals surface area contributed by atoms with Crippen LogP contribution in [0.3, 0.4) is 0 Å². The second-order valence-electron chi connectivity index (χ2n) is 9.14. The van der Waals surface area contributed by atoms with E-state index < -0.39 is 0 Å². The maximum Gasteiger partial charge on any atom is 0.237 e. The number of benzene rings is 1. The van der Waals surface area contributed by atoms with Crippen molar-refractivity contribution >= 4 is 5.91 Å². The van der Waals surface area contributed by atoms with Gasteiger partial charge in [0.2, 0.25) is 5.91 Å². The Morgan fingerprint density at radius 3 is 2.57 bits per heavy atom. The number of methoxy groups -OCH3 is 1. The van der Waals surface area contributed by atoms with E-state index >= 15 is 0 Å². The highest BCUT2D eigenvalue weighted by atomic mass is 16.5. The molecular formula is C29H31N5O3. The molecule has 0 bridgehead atoms. The second kappa shape index (κ2) is 11.8. The van der Waals surface area contributed by atoms with E-state index in [1.807, 2.05) is 78.0 Å². The number of carbonyl (C=O) groups is 1. The Morgan fingerprint density at radius 1 is 0.919 bits per heavy atom. The molecule has 1 aliphatic rings. The Labute approximate surface area is 217 Å². The molecule has 0 radical (unpaired) electrons. The summed E-state index contributed by atoms with van der Waals surface area (Å²) in [6.45, 7) is 3.05. The van der Waals surface area contributed by atoms with Crippen LogP contribution >= 0.6 is 0 Å². The van der Waals surface area contributed by atoms with Gasteiger partial charge in [0.1, 0.15) is 11.6 Å². The zero-order valence-electron chi connectivity index (χ0n) is 20.9. The predicted octanol–water partition coefficient (Wildman–Crippen LogP) is 3.71. The quantitative estimate of drug-likeness (QED) is 0.351. The fraction of sp³-hybridized carbons (Fsp3) is 0.276. The Hall–Kier alpha value is -4.01. The molecule has 0 saturated carbocycles. The summed E-state index contributed by atoms with van der Waals surface area (Å²) in [5.74, 6) is 1.74. The molecule has 8 heteroatoms. The van der Waals surface area contributed by atoms with Crippen molar-refractivity contribution in [1.29, 1.82) is 0 Å². The van der Waals surface area contributed by atoms with E-state index in [9.17, 15) is 4.79 Å². The number of nitrogens with zero attached hydrogens (tertiary/aromatic N) is 5. The fourth-order valence-electron chi connectivity index (χ4n) is 4.57. The molecule has 1 aliphatic heterocycles. The van der Waals surface area contributed by atoms with Gasteiger partial charge in [-0.15, -0.1) is 0 Å². The number of rotatable bonds is 9. The van der Waals surface area contributed by atoms with Gasteiger partial charge in [-0.25, -0.2) is 4.98 Å². The van der Waals surface area contributed by atoms with Crippen molar-refractivity contribution in [3.05, 3.63) is 108 Å². The molecule has 4 heterocycles. The van der Waals surface area contributed by atoms with E-state index in [2.05, 4.69) is 25.5 Å².